The number of allylic oxidation sites excluding steroid dienone is 1. The van der Waals surface area contributed by atoms with E-state index in [1.54, 1.807) is 26.8 Å². The fourth-order valence-corrected chi connectivity index (χ4v) is 4.82. The first kappa shape index (κ1) is 37.3. The Morgan fingerprint density at radius 3 is 2.40 bits per heavy atom. The molecular weight excluding hydrogens is 580 g/mol. The lowest BCUT2D eigenvalue weighted by molar-refractivity contribution is -0.151. The summed E-state index contributed by atoms with van der Waals surface area (Å²) in [5.41, 5.74) is 0.867. The van der Waals surface area contributed by atoms with Crippen LogP contribution in [0.5, 0.6) is 0 Å². The maximum absolute atomic E-state index is 13.4. The second-order valence-electron chi connectivity index (χ2n) is 11.6. The number of carbonyl (C=O) groups excluding carboxylic acids is 5. The van der Waals surface area contributed by atoms with Crippen LogP contribution in [0.1, 0.15) is 84.6 Å². The lowest BCUT2D eigenvalue weighted by atomic mass is 9.95. The molecule has 0 saturated carbocycles. The third kappa shape index (κ3) is 14.1. The van der Waals surface area contributed by atoms with E-state index in [2.05, 4.69) is 21.3 Å². The van der Waals surface area contributed by atoms with Gasteiger partial charge in [0.15, 0.2) is 0 Å². The Kier molecular flexibility index (Phi) is 16.7. The Morgan fingerprint density at radius 2 is 1.73 bits per heavy atom. The van der Waals surface area contributed by atoms with E-state index in [1.807, 2.05) is 43.3 Å². The van der Waals surface area contributed by atoms with Crippen molar-refractivity contribution in [1.29, 1.82) is 0 Å². The Balaban J connectivity index is 2.11. The van der Waals surface area contributed by atoms with Crippen LogP contribution in [0, 0.1) is 5.92 Å². The maximum Gasteiger partial charge on any atom is 0.407 e. The number of aliphatic hydroxyl groups is 1. The Morgan fingerprint density at radius 1 is 1.02 bits per heavy atom. The fourth-order valence-electron chi connectivity index (χ4n) is 4.82. The standard InChI is InChI=1S/C33H50N4O8/c1-5-7-9-16-24-19-28(39)35-26(17-12-13-18-34-33(43)44-21-23-14-10-8-11-15-23)32(42)36-25(6-2)31(41)37-30(22(3)4)27(38)20-29(40)45-24/h8-11,14-16,22,24-27,30,38H,5-7,12-13,17-21H2,1-4H3,(H,34,43)(H,35,39)(H,36,42)(H,37,41)/b16-9+/t24-,25-,26-,27+,30-/m1/s1. The molecule has 1 aromatic rings. The smallest absolute Gasteiger partial charge is 0.407 e. The summed E-state index contributed by atoms with van der Waals surface area (Å²) in [4.78, 5) is 64.4. The normalized spacial score (nSPS) is 23.7. The topological polar surface area (TPSA) is 172 Å². The number of carbonyl (C=O) groups is 5. The van der Waals surface area contributed by atoms with E-state index in [0.717, 1.165) is 18.4 Å². The van der Waals surface area contributed by atoms with E-state index in [0.29, 0.717) is 19.4 Å². The molecule has 0 bridgehead atoms. The molecule has 45 heavy (non-hydrogen) atoms. The molecule has 1 fully saturated rings. The molecule has 4 amide bonds. The molecule has 2 rings (SSSR count). The summed E-state index contributed by atoms with van der Waals surface area (Å²) in [6.45, 7) is 7.79. The van der Waals surface area contributed by atoms with Crippen molar-refractivity contribution in [2.45, 2.75) is 116 Å². The van der Waals surface area contributed by atoms with Gasteiger partial charge in [0, 0.05) is 6.54 Å². The molecule has 0 radical (unpaired) electrons. The number of unbranched alkanes of at least 4 members (excludes halogenated alkanes) is 2. The number of nitrogens with one attached hydrogen (secondary N) is 4. The molecule has 0 aromatic heterocycles. The van der Waals surface area contributed by atoms with Crippen LogP contribution in [0.25, 0.3) is 0 Å². The minimum atomic E-state index is -1.23. The van der Waals surface area contributed by atoms with E-state index >= 15 is 0 Å². The van der Waals surface area contributed by atoms with Crippen molar-refractivity contribution in [3.63, 3.8) is 0 Å². The highest BCUT2D eigenvalue weighted by molar-refractivity contribution is 5.92. The van der Waals surface area contributed by atoms with Crippen LogP contribution in [0.4, 0.5) is 4.79 Å². The summed E-state index contributed by atoms with van der Waals surface area (Å²) in [5, 5.41) is 21.8. The van der Waals surface area contributed by atoms with Crippen LogP contribution in [0.3, 0.4) is 0 Å². The monoisotopic (exact) mass is 630 g/mol. The lowest BCUT2D eigenvalue weighted by Crippen LogP contribution is -2.57. The van der Waals surface area contributed by atoms with E-state index in [1.165, 1.54) is 0 Å². The van der Waals surface area contributed by atoms with Gasteiger partial charge in [-0.05, 0) is 49.7 Å². The number of alkyl carbamates (subject to hydrolysis) is 1. The quantitative estimate of drug-likeness (QED) is 0.133. The summed E-state index contributed by atoms with van der Waals surface area (Å²) >= 11 is 0. The second kappa shape index (κ2) is 20.2. The highest BCUT2D eigenvalue weighted by Gasteiger charge is 2.32. The third-order valence-electron chi connectivity index (χ3n) is 7.39. The van der Waals surface area contributed by atoms with Gasteiger partial charge in [0.05, 0.1) is 25.0 Å². The number of benzene rings is 1. The second-order valence-corrected chi connectivity index (χ2v) is 11.6. The molecule has 5 atom stereocenters. The van der Waals surface area contributed by atoms with Crippen LogP contribution in [0.15, 0.2) is 42.5 Å². The molecule has 0 spiro atoms. The van der Waals surface area contributed by atoms with Gasteiger partial charge in [-0.3, -0.25) is 19.2 Å². The number of amides is 4. The molecule has 12 nitrogen and oxygen atoms in total. The van der Waals surface area contributed by atoms with Crippen LogP contribution in [0.2, 0.25) is 0 Å². The van der Waals surface area contributed by atoms with E-state index in [4.69, 9.17) is 9.47 Å². The SMILES string of the molecule is CCC/C=C/[C@@H]1CC(=O)N[C@H](CCCCNC(=O)OCc2ccccc2)C(=O)N[C@H](CC)C(=O)N[C@H](C(C)C)[C@@H](O)CC(=O)O1. The number of cyclic esters (lactones) is 1. The Labute approximate surface area is 266 Å². The van der Waals surface area contributed by atoms with E-state index < -0.39 is 60.1 Å². The summed E-state index contributed by atoms with van der Waals surface area (Å²) in [5.74, 6) is -2.47. The van der Waals surface area contributed by atoms with Crippen molar-refractivity contribution in [3.05, 3.63) is 48.0 Å². The molecule has 5 N–H and O–H groups in total. The molecule has 0 unspecified atom stereocenters. The van der Waals surface area contributed by atoms with E-state index in [9.17, 15) is 29.1 Å². The fraction of sp³-hybridized carbons (Fsp3) is 0.606. The number of rotatable bonds is 12. The number of hydrogen-bond donors (Lipinski definition) is 5. The number of esters is 1. The number of aliphatic hydroxyl groups excluding tert-OH is 1. The molecule has 0 aliphatic carbocycles. The van der Waals surface area contributed by atoms with Gasteiger partial charge in [-0.15, -0.1) is 0 Å². The highest BCUT2D eigenvalue weighted by Crippen LogP contribution is 2.15. The molecule has 1 aliphatic heterocycles. The zero-order valence-corrected chi connectivity index (χ0v) is 26.9. The third-order valence-corrected chi connectivity index (χ3v) is 7.39. The van der Waals surface area contributed by atoms with E-state index in [-0.39, 0.29) is 38.2 Å². The summed E-state index contributed by atoms with van der Waals surface area (Å²) < 4.78 is 10.8. The average Bonchev–Trinajstić information content (AvgIpc) is 3.00. The molecule has 1 saturated heterocycles. The zero-order chi connectivity index (χ0) is 33.2. The molecule has 1 heterocycles. The van der Waals surface area contributed by atoms with Crippen LogP contribution < -0.4 is 21.3 Å². The minimum absolute atomic E-state index is 0.147. The Hall–Kier alpha value is -3.93. The summed E-state index contributed by atoms with van der Waals surface area (Å²) in [6, 6.07) is 6.63. The van der Waals surface area contributed by atoms with Crippen molar-refractivity contribution in [3.8, 4) is 0 Å². The van der Waals surface area contributed by atoms with Crippen molar-refractivity contribution in [1.82, 2.24) is 21.3 Å². The Bertz CT molecular complexity index is 1130. The predicted molar refractivity (Wildman–Crippen MR) is 169 cm³/mol. The highest BCUT2D eigenvalue weighted by atomic mass is 16.5. The van der Waals surface area contributed by atoms with Crippen molar-refractivity contribution >= 4 is 29.8 Å². The molecular formula is C33H50N4O8. The molecule has 1 aliphatic rings. The average molecular weight is 631 g/mol. The van der Waals surface area contributed by atoms with Gasteiger partial charge in [0.2, 0.25) is 17.7 Å². The first-order valence-electron chi connectivity index (χ1n) is 15.9. The van der Waals surface area contributed by atoms with Gasteiger partial charge in [0.1, 0.15) is 24.8 Å². The van der Waals surface area contributed by atoms with Gasteiger partial charge >= 0.3 is 12.1 Å². The van der Waals surface area contributed by atoms with Gasteiger partial charge in [-0.25, -0.2) is 4.79 Å². The first-order valence-corrected chi connectivity index (χ1v) is 15.9. The van der Waals surface area contributed by atoms with Crippen molar-refractivity contribution in [2.75, 3.05) is 6.54 Å². The maximum atomic E-state index is 13.4. The molecule has 250 valence electrons. The summed E-state index contributed by atoms with van der Waals surface area (Å²) in [7, 11) is 0. The first-order chi connectivity index (χ1) is 21.5. The zero-order valence-electron chi connectivity index (χ0n) is 26.9. The van der Waals surface area contributed by atoms with Crippen LogP contribution in [-0.4, -0.2) is 71.8 Å². The molecule has 12 heteroatoms. The predicted octanol–water partition coefficient (Wildman–Crippen LogP) is 3.03. The largest absolute Gasteiger partial charge is 0.457 e. The van der Waals surface area contributed by atoms with Crippen LogP contribution in [-0.2, 0) is 35.3 Å². The van der Waals surface area contributed by atoms with Crippen molar-refractivity contribution < 1.29 is 38.6 Å². The number of ether oxygens (including phenoxy) is 2. The minimum Gasteiger partial charge on any atom is -0.457 e. The van der Waals surface area contributed by atoms with Gasteiger partial charge in [0.25, 0.3) is 0 Å². The van der Waals surface area contributed by atoms with Gasteiger partial charge < -0.3 is 35.8 Å². The van der Waals surface area contributed by atoms with Crippen LogP contribution >= 0.6 is 0 Å². The number of hydrogen-bond acceptors (Lipinski definition) is 8. The molecule has 1 aromatic carbocycles. The lowest BCUT2D eigenvalue weighted by Gasteiger charge is -2.29. The van der Waals surface area contributed by atoms with Gasteiger partial charge in [-0.2, -0.15) is 0 Å². The van der Waals surface area contributed by atoms with Gasteiger partial charge in [-0.1, -0.05) is 70.5 Å². The van der Waals surface area contributed by atoms with Crippen molar-refractivity contribution in [2.24, 2.45) is 5.92 Å². The summed E-state index contributed by atoms with van der Waals surface area (Å²) in [6.07, 6.45) is 3.23.